The van der Waals surface area contributed by atoms with E-state index in [4.69, 9.17) is 33.5 Å². The highest BCUT2D eigenvalue weighted by molar-refractivity contribution is 7.92. The van der Waals surface area contributed by atoms with Gasteiger partial charge in [-0.05, 0) is 36.4 Å². The molecule has 2 aromatic carbocycles. The maximum Gasteiger partial charge on any atom is 0.294 e. The monoisotopic (exact) mass is 396 g/mol. The Morgan fingerprint density at radius 3 is 2.00 bits per heavy atom. The molecule has 0 fully saturated rings. The smallest absolute Gasteiger partial charge is 0.294 e. The van der Waals surface area contributed by atoms with Crippen LogP contribution in [0, 0.1) is 0 Å². The van der Waals surface area contributed by atoms with Crippen molar-refractivity contribution in [1.29, 1.82) is 0 Å². The number of nitrogen functional groups attached to an aromatic ring is 1. The molecule has 23 heavy (non-hydrogen) atoms. The van der Waals surface area contributed by atoms with Crippen LogP contribution in [-0.2, 0) is 20.1 Å². The van der Waals surface area contributed by atoms with Crippen molar-refractivity contribution in [2.45, 2.75) is 9.79 Å². The Kier molecular flexibility index (Phi) is 4.79. The Morgan fingerprint density at radius 2 is 1.48 bits per heavy atom. The van der Waals surface area contributed by atoms with Gasteiger partial charge < -0.3 is 5.73 Å². The largest absolute Gasteiger partial charge is 0.397 e. The molecule has 4 N–H and O–H groups in total. The first kappa shape index (κ1) is 17.8. The SMILES string of the molecule is Nc1ccc(S(=O)(=O)Nc2ccc(S(=O)(=O)O)cc2)c(Cl)c1Cl. The van der Waals surface area contributed by atoms with Crippen molar-refractivity contribution < 1.29 is 21.4 Å². The van der Waals surface area contributed by atoms with Crippen LogP contribution in [0.1, 0.15) is 0 Å². The van der Waals surface area contributed by atoms with Crippen molar-refractivity contribution in [3.05, 3.63) is 46.4 Å². The molecule has 2 rings (SSSR count). The second kappa shape index (κ2) is 6.17. The third kappa shape index (κ3) is 3.88. The summed E-state index contributed by atoms with van der Waals surface area (Å²) in [4.78, 5) is -0.647. The van der Waals surface area contributed by atoms with Crippen LogP contribution in [0.5, 0.6) is 0 Å². The summed E-state index contributed by atoms with van der Waals surface area (Å²) < 4.78 is 57.6. The van der Waals surface area contributed by atoms with Gasteiger partial charge in [-0.3, -0.25) is 9.27 Å². The van der Waals surface area contributed by atoms with Gasteiger partial charge in [0.2, 0.25) is 0 Å². The molecule has 0 aliphatic carbocycles. The third-order valence-electron chi connectivity index (χ3n) is 2.77. The van der Waals surface area contributed by atoms with Crippen molar-refractivity contribution in [3.63, 3.8) is 0 Å². The number of nitrogens with one attached hydrogen (secondary N) is 1. The summed E-state index contributed by atoms with van der Waals surface area (Å²) in [5.74, 6) is 0. The van der Waals surface area contributed by atoms with E-state index in [0.717, 1.165) is 12.1 Å². The van der Waals surface area contributed by atoms with Crippen LogP contribution in [0.15, 0.2) is 46.2 Å². The summed E-state index contributed by atoms with van der Waals surface area (Å²) in [6.07, 6.45) is 0. The average molecular weight is 397 g/mol. The molecular formula is C12H10Cl2N2O5S2. The zero-order valence-electron chi connectivity index (χ0n) is 11.2. The Bertz CT molecular complexity index is 958. The fraction of sp³-hybridized carbons (Fsp3) is 0. The van der Waals surface area contributed by atoms with E-state index in [0.29, 0.717) is 0 Å². The first-order valence-electron chi connectivity index (χ1n) is 5.86. The van der Waals surface area contributed by atoms with Crippen LogP contribution in [0.25, 0.3) is 0 Å². The van der Waals surface area contributed by atoms with Crippen LogP contribution >= 0.6 is 23.2 Å². The van der Waals surface area contributed by atoms with Gasteiger partial charge in [0.15, 0.2) is 0 Å². The van der Waals surface area contributed by atoms with E-state index >= 15 is 0 Å². The number of benzene rings is 2. The minimum Gasteiger partial charge on any atom is -0.397 e. The summed E-state index contributed by atoms with van der Waals surface area (Å²) in [5.41, 5.74) is 5.73. The minimum atomic E-state index is -4.36. The molecule has 0 aliphatic heterocycles. The fourth-order valence-corrected chi connectivity index (χ4v) is 3.98. The lowest BCUT2D eigenvalue weighted by Crippen LogP contribution is -2.14. The van der Waals surface area contributed by atoms with E-state index in [2.05, 4.69) is 4.72 Å². The van der Waals surface area contributed by atoms with Gasteiger partial charge in [0, 0.05) is 5.69 Å². The van der Waals surface area contributed by atoms with Crippen LogP contribution < -0.4 is 10.5 Å². The van der Waals surface area contributed by atoms with Gasteiger partial charge in [0.05, 0.1) is 20.6 Å². The average Bonchev–Trinajstić information content (AvgIpc) is 2.43. The van der Waals surface area contributed by atoms with Crippen LogP contribution in [0.4, 0.5) is 11.4 Å². The topological polar surface area (TPSA) is 127 Å². The summed E-state index contributed by atoms with van der Waals surface area (Å²) >= 11 is 11.7. The summed E-state index contributed by atoms with van der Waals surface area (Å²) in [6, 6.07) is 6.93. The van der Waals surface area contributed by atoms with Crippen LogP contribution in [-0.4, -0.2) is 21.4 Å². The van der Waals surface area contributed by atoms with Gasteiger partial charge in [-0.1, -0.05) is 23.2 Å². The first-order chi connectivity index (χ1) is 10.5. The van der Waals surface area contributed by atoms with E-state index in [1.165, 1.54) is 24.3 Å². The van der Waals surface area contributed by atoms with E-state index in [-0.39, 0.29) is 31.2 Å². The molecule has 2 aromatic rings. The molecule has 0 radical (unpaired) electrons. The zero-order valence-corrected chi connectivity index (χ0v) is 14.3. The van der Waals surface area contributed by atoms with Gasteiger partial charge in [-0.25, -0.2) is 8.42 Å². The standard InChI is InChI=1S/C12H10Cl2N2O5S2/c13-11-9(15)5-6-10(12(11)14)22(17,18)16-7-1-3-8(4-2-7)23(19,20)21/h1-6,16H,15H2,(H,19,20,21). The van der Waals surface area contributed by atoms with Crippen LogP contribution in [0.2, 0.25) is 10.0 Å². The molecule has 0 amide bonds. The van der Waals surface area contributed by atoms with Crippen molar-refractivity contribution >= 4 is 54.7 Å². The Labute approximate surface area is 142 Å². The van der Waals surface area contributed by atoms with Gasteiger partial charge in [-0.2, -0.15) is 8.42 Å². The van der Waals surface area contributed by atoms with Crippen LogP contribution in [0.3, 0.4) is 0 Å². The van der Waals surface area contributed by atoms with Gasteiger partial charge in [-0.15, -0.1) is 0 Å². The second-order valence-corrected chi connectivity index (χ2v) is 8.21. The first-order valence-corrected chi connectivity index (χ1v) is 9.54. The number of halogens is 2. The molecule has 0 aliphatic rings. The maximum atomic E-state index is 12.3. The molecule has 0 saturated carbocycles. The molecule has 0 spiro atoms. The zero-order chi connectivity index (χ0) is 17.4. The number of hydrogen-bond donors (Lipinski definition) is 3. The van der Waals surface area contributed by atoms with Crippen molar-refractivity contribution in [1.82, 2.24) is 0 Å². The summed E-state index contributed by atoms with van der Waals surface area (Å²) in [7, 11) is -8.43. The summed E-state index contributed by atoms with van der Waals surface area (Å²) in [6.45, 7) is 0. The van der Waals surface area contributed by atoms with Gasteiger partial charge in [0.1, 0.15) is 4.90 Å². The minimum absolute atomic E-state index is 0.0708. The summed E-state index contributed by atoms with van der Waals surface area (Å²) in [5, 5.41) is -0.315. The van der Waals surface area contributed by atoms with E-state index in [1.54, 1.807) is 0 Å². The molecule has 0 heterocycles. The molecule has 0 saturated heterocycles. The van der Waals surface area contributed by atoms with E-state index in [9.17, 15) is 16.8 Å². The molecule has 0 atom stereocenters. The van der Waals surface area contributed by atoms with Gasteiger partial charge in [0.25, 0.3) is 20.1 Å². The predicted octanol–water partition coefficient (Wildman–Crippen LogP) is 2.62. The highest BCUT2D eigenvalue weighted by Crippen LogP contribution is 2.34. The lowest BCUT2D eigenvalue weighted by molar-refractivity contribution is 0.483. The predicted molar refractivity (Wildman–Crippen MR) is 87.9 cm³/mol. The lowest BCUT2D eigenvalue weighted by Gasteiger charge is -2.11. The quantitative estimate of drug-likeness (QED) is 0.538. The number of rotatable bonds is 4. The van der Waals surface area contributed by atoms with Crippen molar-refractivity contribution in [3.8, 4) is 0 Å². The highest BCUT2D eigenvalue weighted by Gasteiger charge is 2.21. The van der Waals surface area contributed by atoms with Crippen molar-refractivity contribution in [2.75, 3.05) is 10.5 Å². The molecule has 0 unspecified atom stereocenters. The van der Waals surface area contributed by atoms with E-state index in [1.807, 2.05) is 0 Å². The number of nitrogens with two attached hydrogens (primary N) is 1. The lowest BCUT2D eigenvalue weighted by atomic mass is 10.3. The van der Waals surface area contributed by atoms with E-state index < -0.39 is 20.1 Å². The Morgan fingerprint density at radius 1 is 0.913 bits per heavy atom. The maximum absolute atomic E-state index is 12.3. The number of hydrogen-bond acceptors (Lipinski definition) is 5. The fourth-order valence-electron chi connectivity index (χ4n) is 1.66. The molecular weight excluding hydrogens is 387 g/mol. The Balaban J connectivity index is 2.38. The molecule has 11 heteroatoms. The highest BCUT2D eigenvalue weighted by atomic mass is 35.5. The number of anilines is 2. The third-order valence-corrected chi connectivity index (χ3v) is 6.07. The second-order valence-electron chi connectivity index (χ2n) is 4.39. The number of sulfonamides is 1. The molecule has 124 valence electrons. The normalized spacial score (nSPS) is 12.1. The molecule has 7 nitrogen and oxygen atoms in total. The Hall–Kier alpha value is -1.52. The molecule has 0 aromatic heterocycles. The molecule has 0 bridgehead atoms. The van der Waals surface area contributed by atoms with Crippen molar-refractivity contribution in [2.24, 2.45) is 0 Å². The van der Waals surface area contributed by atoms with Gasteiger partial charge >= 0.3 is 0 Å².